The number of ether oxygens (including phenoxy) is 1. The van der Waals surface area contributed by atoms with Crippen molar-refractivity contribution in [3.05, 3.63) is 108 Å². The van der Waals surface area contributed by atoms with Gasteiger partial charge in [-0.2, -0.15) is 0 Å². The summed E-state index contributed by atoms with van der Waals surface area (Å²) in [6.07, 6.45) is -1.59. The maximum absolute atomic E-state index is 14.8. The molecule has 0 saturated heterocycles. The van der Waals surface area contributed by atoms with E-state index in [0.717, 1.165) is 0 Å². The summed E-state index contributed by atoms with van der Waals surface area (Å²) in [5.41, 5.74) is 1.41. The van der Waals surface area contributed by atoms with Gasteiger partial charge in [-0.25, -0.2) is 9.59 Å². The van der Waals surface area contributed by atoms with E-state index in [1.807, 2.05) is 13.8 Å². The van der Waals surface area contributed by atoms with Crippen LogP contribution in [0.2, 0.25) is 0 Å². The number of carbonyl (C=O) groups is 18. The molecule has 0 aromatic heterocycles. The molecule has 0 saturated carbocycles. The summed E-state index contributed by atoms with van der Waals surface area (Å²) in [6, 6.07) is 10.7. The van der Waals surface area contributed by atoms with E-state index in [0.29, 0.717) is 29.5 Å². The van der Waals surface area contributed by atoms with E-state index >= 15 is 0 Å². The molecule has 0 aliphatic heterocycles. The van der Waals surface area contributed by atoms with Gasteiger partial charge in [-0.05, 0) is 151 Å². The predicted molar refractivity (Wildman–Crippen MR) is 532 cm³/mol. The molecule has 0 spiro atoms. The van der Waals surface area contributed by atoms with Gasteiger partial charge in [0.15, 0.2) is 0 Å². The molecule has 0 aliphatic rings. The number of benzene rings is 3. The van der Waals surface area contributed by atoms with Crippen molar-refractivity contribution >= 4 is 107 Å². The highest BCUT2D eigenvalue weighted by Crippen LogP contribution is 2.22. The minimum Gasteiger partial charge on any atom is -0.444 e. The van der Waals surface area contributed by atoms with Crippen LogP contribution in [-0.4, -0.2) is 237 Å². The van der Waals surface area contributed by atoms with Crippen LogP contribution in [0.15, 0.2) is 91.0 Å². The number of amides is 19. The summed E-state index contributed by atoms with van der Waals surface area (Å²) in [4.78, 5) is 255. The van der Waals surface area contributed by atoms with Crippen molar-refractivity contribution in [1.29, 1.82) is 0 Å². The molecule has 20 N–H and O–H groups in total. The largest absolute Gasteiger partial charge is 0.444 e. The van der Waals surface area contributed by atoms with Crippen molar-refractivity contribution in [2.24, 2.45) is 64.9 Å². The monoisotopic (exact) mass is 1960 g/mol. The van der Waals surface area contributed by atoms with E-state index < -0.39 is 268 Å². The Morgan fingerprint density at radius 2 is 0.671 bits per heavy atom. The summed E-state index contributed by atoms with van der Waals surface area (Å²) < 4.78 is 5.29. The van der Waals surface area contributed by atoms with Crippen LogP contribution < -0.4 is 96.1 Å². The van der Waals surface area contributed by atoms with Crippen LogP contribution in [0, 0.1) is 59.2 Å². The number of carbonyl (C=O) groups excluding carboxylic acids is 18. The van der Waals surface area contributed by atoms with Gasteiger partial charge in [-0.1, -0.05) is 242 Å². The van der Waals surface area contributed by atoms with E-state index in [-0.39, 0.29) is 44.2 Å². The van der Waals surface area contributed by atoms with Gasteiger partial charge in [-0.3, -0.25) is 76.7 Å². The van der Waals surface area contributed by atoms with E-state index in [1.165, 1.54) is 46.4 Å². The molecule has 15 atom stereocenters. The van der Waals surface area contributed by atoms with Gasteiger partial charge in [0.05, 0.1) is 31.8 Å². The van der Waals surface area contributed by atoms with Crippen LogP contribution in [0.3, 0.4) is 0 Å². The third-order valence-corrected chi connectivity index (χ3v) is 23.8. The summed E-state index contributed by atoms with van der Waals surface area (Å²) >= 11 is 0. The molecule has 0 bridgehead atoms. The Kier molecular flexibility index (Phi) is 48.9. The molecule has 3 aromatic carbocycles. The summed E-state index contributed by atoms with van der Waals surface area (Å²) in [7, 11) is 0. The van der Waals surface area contributed by atoms with Gasteiger partial charge in [0, 0.05) is 13.0 Å². The Morgan fingerprint density at radius 3 is 1.10 bits per heavy atom. The molecule has 0 unspecified atom stereocenters. The third-order valence-electron chi connectivity index (χ3n) is 23.8. The van der Waals surface area contributed by atoms with Gasteiger partial charge in [0.1, 0.15) is 88.7 Å². The Labute approximate surface area is 826 Å². The summed E-state index contributed by atoms with van der Waals surface area (Å²) in [5.74, 6) is -17.7. The van der Waals surface area contributed by atoms with Gasteiger partial charge in [0.25, 0.3) is 0 Å². The molecular weight excluding hydrogens is 1800 g/mol. The van der Waals surface area contributed by atoms with Crippen molar-refractivity contribution in [3.8, 4) is 0 Å². The van der Waals surface area contributed by atoms with Crippen LogP contribution in [0.25, 0.3) is 0 Å². The average molecular weight is 1960 g/mol. The first-order valence-electron chi connectivity index (χ1n) is 48.6. The number of nitrogens with zero attached hydrogens (tertiary/aromatic N) is 1. The molecule has 39 heteroatoms. The number of urea groups is 1. The van der Waals surface area contributed by atoms with Crippen molar-refractivity contribution < 1.29 is 96.1 Å². The van der Waals surface area contributed by atoms with E-state index in [2.05, 4.69) is 90.4 Å². The lowest BCUT2D eigenvalue weighted by Gasteiger charge is -2.34. The molecule has 0 aliphatic carbocycles. The summed E-state index contributed by atoms with van der Waals surface area (Å²) in [6.45, 7) is 45.5. The lowest BCUT2D eigenvalue weighted by molar-refractivity contribution is -0.139. The van der Waals surface area contributed by atoms with Crippen molar-refractivity contribution in [1.82, 2.24) is 95.3 Å². The van der Waals surface area contributed by atoms with Crippen molar-refractivity contribution in [2.45, 2.75) is 340 Å². The Morgan fingerprint density at radius 1 is 0.343 bits per heavy atom. The quantitative estimate of drug-likeness (QED) is 0.0375. The second-order valence-electron chi connectivity index (χ2n) is 41.8. The molecule has 0 heterocycles. The lowest BCUT2D eigenvalue weighted by atomic mass is 9.94. The van der Waals surface area contributed by atoms with Gasteiger partial charge in [-0.15, -0.1) is 0 Å². The fraction of sp³-hybridized carbons (Fsp3) is 0.644. The zero-order valence-corrected chi connectivity index (χ0v) is 87.5. The fourth-order valence-electron chi connectivity index (χ4n) is 14.7. The smallest absolute Gasteiger partial charge is 0.408 e. The van der Waals surface area contributed by atoms with Crippen LogP contribution in [0.1, 0.15) is 237 Å². The number of hydrogen-bond donors (Lipinski definition) is 19. The first kappa shape index (κ1) is 122. The molecule has 3 rings (SSSR count). The highest BCUT2D eigenvalue weighted by atomic mass is 16.6. The SMILES string of the molecule is CC[C@H](C)[C@H](NC(=O)[C@@H](NC(=O)[C@@H](NC(=O)C(C)(C)NC(=O)CNC(=O)[C@@H](NC(=O)OC(C)(C)C)C(C)C)C(C)C)C(C)C)C(=O)NC(C)(C)C(=O)N[C@@H](Cc1ccccc1)C(=O)N[C@H](C(=O)NC(C)(C)C(=O)N[C@H](C(=O)N[C@H](C(=O)NCC(=O)N[C@H](C(=O)N[C@@H](Cc1ccccc1)[C@H](O)CN(Cc1ccccc1)C(=O)N[C@@H](CC(C)C)C(=O)N[C@H](C(N)=O)C(C)C)C(C)C)C(C)C)[C@@H](C)CC)C(C)C. The first-order chi connectivity index (χ1) is 64.9. The van der Waals surface area contributed by atoms with E-state index in [9.17, 15) is 91.4 Å². The molecule has 0 radical (unpaired) electrons. The number of primary amides is 1. The van der Waals surface area contributed by atoms with E-state index in [1.54, 1.807) is 236 Å². The molecule has 39 nitrogen and oxygen atoms in total. The van der Waals surface area contributed by atoms with Crippen LogP contribution in [0.4, 0.5) is 9.59 Å². The van der Waals surface area contributed by atoms with Crippen LogP contribution in [0.5, 0.6) is 0 Å². The fourth-order valence-corrected chi connectivity index (χ4v) is 14.7. The predicted octanol–water partition coefficient (Wildman–Crippen LogP) is 4.29. The maximum Gasteiger partial charge on any atom is 0.408 e. The van der Waals surface area contributed by atoms with Crippen LogP contribution >= 0.6 is 0 Å². The number of aliphatic hydroxyl groups is 1. The number of hydrogen-bond acceptors (Lipinski definition) is 20. The van der Waals surface area contributed by atoms with Crippen LogP contribution in [-0.2, 0) is 101 Å². The molecular formula is C101H163N19O20. The lowest BCUT2D eigenvalue weighted by Crippen LogP contribution is -2.65. The summed E-state index contributed by atoms with van der Waals surface area (Å²) in [5, 5.41) is 58.1. The van der Waals surface area contributed by atoms with Gasteiger partial charge < -0.3 is 111 Å². The van der Waals surface area contributed by atoms with Gasteiger partial charge in [0.2, 0.25) is 94.5 Å². The van der Waals surface area contributed by atoms with Crippen molar-refractivity contribution in [2.75, 3.05) is 19.6 Å². The normalized spacial score (nSPS) is 15.1. The molecule has 3 aromatic rings. The average Bonchev–Trinajstić information content (AvgIpc) is 0.820. The zero-order valence-electron chi connectivity index (χ0n) is 87.5. The van der Waals surface area contributed by atoms with Gasteiger partial charge >= 0.3 is 12.1 Å². The zero-order chi connectivity index (χ0) is 107. The minimum atomic E-state index is -1.83. The molecule has 19 amide bonds. The Bertz CT molecular complexity index is 4650. The number of nitrogens with two attached hydrogens (primary N) is 1. The number of rotatable bonds is 55. The maximum atomic E-state index is 14.8. The number of alkyl carbamates (subject to hydrolysis) is 1. The Hall–Kier alpha value is -12.3. The topological polar surface area (TPSA) is 570 Å². The second kappa shape index (κ2) is 56.2. The number of nitrogens with one attached hydrogen (secondary N) is 17. The molecule has 782 valence electrons. The number of aliphatic hydroxyl groups excluding tert-OH is 1. The first-order valence-corrected chi connectivity index (χ1v) is 48.6. The van der Waals surface area contributed by atoms with Crippen molar-refractivity contribution in [3.63, 3.8) is 0 Å². The molecule has 140 heavy (non-hydrogen) atoms. The molecule has 0 fully saturated rings. The minimum absolute atomic E-state index is 0.0464. The highest BCUT2D eigenvalue weighted by molar-refractivity contribution is 6.02. The Balaban J connectivity index is 1.82. The second-order valence-corrected chi connectivity index (χ2v) is 41.8. The highest BCUT2D eigenvalue weighted by Gasteiger charge is 2.45. The van der Waals surface area contributed by atoms with E-state index in [4.69, 9.17) is 10.5 Å². The third kappa shape index (κ3) is 40.5. The standard InChI is InChI=1S/C101H163N19O20/c1-30-62(19)80(90(132)111-74(56(7)8)85(127)103-50-71(122)108-76(58(11)12)87(129)105-67(48-64-41-35-32-36-42-64)70(121)53-120(52-66-45-39-34-40-46-66)96(138)107-68(47-54(3)4)83(125)109-73(55(5)6)82(102)124)115-95(137)101(28,29)118-91(133)79(61(17)18)110-84(126)69(49-65-43-37-33-38-44-65)106-93(135)100(26,27)119-92(134)81(63(20)31-2)113-88(130)77(59(13)14)112-89(131)78(60(15)16)114-94(136)99(24,25)117-72(123)51-104-86(128)75(57(9)10)116-97(139)140-98(21,22)23/h32-46,54-63,67-70,73-81,121H,30-31,47-53H2,1-29H3,(H2,102,124)(H,103,127)(H,104,128)(H,105,129)(H,106,135)(H,107,138)(H,108,122)(H,109,125)(H,110,126)(H,111,132)(H,112,131)(H,113,130)(H,114,136)(H,115,137)(H,116,139)(H,117,123)(H,118,133)(H,119,134)/t62-,63-,67-,68-,69-,70+,73-,74-,75-,76-,77-,78-,79-,80-,81-/m0/s1.